The summed E-state index contributed by atoms with van der Waals surface area (Å²) in [5, 5.41) is 3.46. The standard InChI is InChI=1S/C14H19N3S2/c1-4-7-15-9-12-8-10(2)5-6-13(12)18-14-16-11(3)17-19-14/h5-6,8,15H,4,7,9H2,1-3H3. The lowest BCUT2D eigenvalue weighted by molar-refractivity contribution is 0.669. The summed E-state index contributed by atoms with van der Waals surface area (Å²) < 4.78 is 5.24. The Morgan fingerprint density at radius 1 is 1.32 bits per heavy atom. The van der Waals surface area contributed by atoms with Crippen molar-refractivity contribution in [3.8, 4) is 0 Å². The summed E-state index contributed by atoms with van der Waals surface area (Å²) in [4.78, 5) is 5.68. The molecule has 102 valence electrons. The number of hydrogen-bond acceptors (Lipinski definition) is 5. The minimum atomic E-state index is 0.852. The third kappa shape index (κ3) is 4.30. The SMILES string of the molecule is CCCNCc1cc(C)ccc1Sc1nc(C)ns1. The van der Waals surface area contributed by atoms with E-state index < -0.39 is 0 Å². The smallest absolute Gasteiger partial charge is 0.174 e. The van der Waals surface area contributed by atoms with Gasteiger partial charge in [-0.05, 0) is 50.0 Å². The van der Waals surface area contributed by atoms with Crippen LogP contribution in [0.15, 0.2) is 27.4 Å². The van der Waals surface area contributed by atoms with Crippen molar-refractivity contribution >= 4 is 23.3 Å². The second-order valence-electron chi connectivity index (χ2n) is 4.50. The van der Waals surface area contributed by atoms with Gasteiger partial charge in [-0.1, -0.05) is 36.4 Å². The van der Waals surface area contributed by atoms with E-state index >= 15 is 0 Å². The highest BCUT2D eigenvalue weighted by Gasteiger charge is 2.08. The minimum absolute atomic E-state index is 0.852. The van der Waals surface area contributed by atoms with Crippen LogP contribution in [0.2, 0.25) is 0 Å². The second kappa shape index (κ2) is 7.03. The predicted octanol–water partition coefficient (Wildman–Crippen LogP) is 3.81. The highest BCUT2D eigenvalue weighted by atomic mass is 32.2. The first-order chi connectivity index (χ1) is 9.19. The largest absolute Gasteiger partial charge is 0.313 e. The third-order valence-electron chi connectivity index (χ3n) is 2.66. The maximum absolute atomic E-state index is 4.42. The molecule has 0 aliphatic rings. The molecule has 1 N–H and O–H groups in total. The van der Waals surface area contributed by atoms with Crippen molar-refractivity contribution in [3.63, 3.8) is 0 Å². The summed E-state index contributed by atoms with van der Waals surface area (Å²) in [6.07, 6.45) is 1.16. The van der Waals surface area contributed by atoms with Gasteiger partial charge in [-0.15, -0.1) is 0 Å². The summed E-state index contributed by atoms with van der Waals surface area (Å²) in [7, 11) is 0. The number of nitrogens with one attached hydrogen (secondary N) is 1. The monoisotopic (exact) mass is 293 g/mol. The molecule has 5 heteroatoms. The van der Waals surface area contributed by atoms with Crippen molar-refractivity contribution in [2.24, 2.45) is 0 Å². The molecule has 0 amide bonds. The quantitative estimate of drug-likeness (QED) is 0.822. The van der Waals surface area contributed by atoms with Crippen LogP contribution in [0.25, 0.3) is 0 Å². The van der Waals surface area contributed by atoms with Crippen molar-refractivity contribution in [2.75, 3.05) is 6.54 Å². The zero-order valence-corrected chi connectivity index (χ0v) is 13.2. The Morgan fingerprint density at radius 2 is 2.16 bits per heavy atom. The van der Waals surface area contributed by atoms with Gasteiger partial charge in [-0.2, -0.15) is 4.37 Å². The van der Waals surface area contributed by atoms with Crippen molar-refractivity contribution in [3.05, 3.63) is 35.2 Å². The van der Waals surface area contributed by atoms with Gasteiger partial charge in [-0.25, -0.2) is 4.98 Å². The normalized spacial score (nSPS) is 10.9. The van der Waals surface area contributed by atoms with E-state index in [1.165, 1.54) is 27.6 Å². The van der Waals surface area contributed by atoms with Gasteiger partial charge in [0.2, 0.25) is 0 Å². The molecule has 1 aromatic heterocycles. The summed E-state index contributed by atoms with van der Waals surface area (Å²) in [5.74, 6) is 0.852. The number of nitrogens with zero attached hydrogens (tertiary/aromatic N) is 2. The molecular formula is C14H19N3S2. The molecule has 0 bridgehead atoms. The van der Waals surface area contributed by atoms with Crippen LogP contribution in [0.5, 0.6) is 0 Å². The Kier molecular flexibility index (Phi) is 5.36. The first-order valence-electron chi connectivity index (χ1n) is 6.47. The van der Waals surface area contributed by atoms with E-state index in [4.69, 9.17) is 0 Å². The van der Waals surface area contributed by atoms with Gasteiger partial charge in [0.1, 0.15) is 5.82 Å². The average molecular weight is 293 g/mol. The van der Waals surface area contributed by atoms with Crippen LogP contribution in [-0.4, -0.2) is 15.9 Å². The van der Waals surface area contributed by atoms with Crippen molar-refractivity contribution in [2.45, 2.75) is 43.0 Å². The van der Waals surface area contributed by atoms with E-state index in [-0.39, 0.29) is 0 Å². The molecule has 0 fully saturated rings. The molecule has 2 rings (SSSR count). The Morgan fingerprint density at radius 3 is 2.84 bits per heavy atom. The van der Waals surface area contributed by atoms with Crippen molar-refractivity contribution < 1.29 is 0 Å². The Hall–Kier alpha value is -0.910. The van der Waals surface area contributed by atoms with E-state index in [1.54, 1.807) is 11.8 Å². The van der Waals surface area contributed by atoms with Crippen LogP contribution in [-0.2, 0) is 6.54 Å². The molecule has 0 aliphatic carbocycles. The van der Waals surface area contributed by atoms with Crippen LogP contribution in [0, 0.1) is 13.8 Å². The molecule has 19 heavy (non-hydrogen) atoms. The van der Waals surface area contributed by atoms with Gasteiger partial charge in [0.15, 0.2) is 4.34 Å². The fourth-order valence-electron chi connectivity index (χ4n) is 1.76. The van der Waals surface area contributed by atoms with E-state index in [0.29, 0.717) is 0 Å². The molecule has 0 unspecified atom stereocenters. The summed E-state index contributed by atoms with van der Waals surface area (Å²) in [6, 6.07) is 6.58. The lowest BCUT2D eigenvalue weighted by Gasteiger charge is -2.09. The van der Waals surface area contributed by atoms with E-state index in [2.05, 4.69) is 46.7 Å². The molecule has 0 aliphatic heterocycles. The molecule has 1 aromatic carbocycles. The Bertz CT molecular complexity index is 537. The van der Waals surface area contributed by atoms with Crippen LogP contribution in [0.4, 0.5) is 0 Å². The Balaban J connectivity index is 2.14. The van der Waals surface area contributed by atoms with Crippen molar-refractivity contribution in [1.82, 2.24) is 14.7 Å². The fraction of sp³-hybridized carbons (Fsp3) is 0.429. The molecule has 3 nitrogen and oxygen atoms in total. The number of aryl methyl sites for hydroxylation is 2. The molecule has 0 saturated heterocycles. The first-order valence-corrected chi connectivity index (χ1v) is 8.06. The average Bonchev–Trinajstić information content (AvgIpc) is 2.78. The first kappa shape index (κ1) is 14.5. The van der Waals surface area contributed by atoms with Gasteiger partial charge >= 0.3 is 0 Å². The van der Waals surface area contributed by atoms with E-state index in [9.17, 15) is 0 Å². The molecule has 0 radical (unpaired) electrons. The molecule has 0 atom stereocenters. The number of rotatable bonds is 6. The second-order valence-corrected chi connectivity index (χ2v) is 6.54. The lowest BCUT2D eigenvalue weighted by Crippen LogP contribution is -2.14. The maximum atomic E-state index is 4.42. The zero-order valence-electron chi connectivity index (χ0n) is 11.6. The molecule has 2 aromatic rings. The summed E-state index contributed by atoms with van der Waals surface area (Å²) in [6.45, 7) is 8.21. The number of benzene rings is 1. The summed E-state index contributed by atoms with van der Waals surface area (Å²) >= 11 is 3.17. The van der Waals surface area contributed by atoms with Gasteiger partial charge in [-0.3, -0.25) is 0 Å². The number of hydrogen-bond donors (Lipinski definition) is 1. The highest BCUT2D eigenvalue weighted by Crippen LogP contribution is 2.32. The van der Waals surface area contributed by atoms with Crippen LogP contribution < -0.4 is 5.32 Å². The minimum Gasteiger partial charge on any atom is -0.313 e. The van der Waals surface area contributed by atoms with Gasteiger partial charge in [0.25, 0.3) is 0 Å². The molecule has 1 heterocycles. The topological polar surface area (TPSA) is 37.8 Å². The van der Waals surface area contributed by atoms with Crippen LogP contribution >= 0.6 is 23.3 Å². The van der Waals surface area contributed by atoms with E-state index in [1.807, 2.05) is 6.92 Å². The molecule has 0 saturated carbocycles. The number of aromatic nitrogens is 2. The third-order valence-corrected chi connectivity index (χ3v) is 4.63. The van der Waals surface area contributed by atoms with Gasteiger partial charge in [0, 0.05) is 11.4 Å². The van der Waals surface area contributed by atoms with Gasteiger partial charge in [0.05, 0.1) is 0 Å². The molecular weight excluding hydrogens is 274 g/mol. The van der Waals surface area contributed by atoms with Gasteiger partial charge < -0.3 is 5.32 Å². The zero-order chi connectivity index (χ0) is 13.7. The maximum Gasteiger partial charge on any atom is 0.174 e. The lowest BCUT2D eigenvalue weighted by atomic mass is 10.1. The predicted molar refractivity (Wildman–Crippen MR) is 81.9 cm³/mol. The highest BCUT2D eigenvalue weighted by molar-refractivity contribution is 8.01. The van der Waals surface area contributed by atoms with E-state index in [0.717, 1.165) is 29.7 Å². The van der Waals surface area contributed by atoms with Crippen LogP contribution in [0.1, 0.15) is 30.3 Å². The van der Waals surface area contributed by atoms with Crippen molar-refractivity contribution in [1.29, 1.82) is 0 Å². The fourth-order valence-corrected chi connectivity index (χ4v) is 3.48. The summed E-state index contributed by atoms with van der Waals surface area (Å²) in [5.41, 5.74) is 2.64. The Labute approximate surface area is 123 Å². The van der Waals surface area contributed by atoms with Crippen LogP contribution in [0.3, 0.4) is 0 Å². The molecule has 0 spiro atoms.